The van der Waals surface area contributed by atoms with E-state index in [2.05, 4.69) is 12.4 Å². The molecular formula is C21H31NO3. The number of hydrogen-bond donors (Lipinski definition) is 3. The highest BCUT2D eigenvalue weighted by atomic mass is 16.5. The van der Waals surface area contributed by atoms with Crippen LogP contribution in [0.2, 0.25) is 0 Å². The van der Waals surface area contributed by atoms with E-state index in [-0.39, 0.29) is 11.8 Å². The smallest absolute Gasteiger partial charge is 0.156 e. The van der Waals surface area contributed by atoms with E-state index in [1.807, 2.05) is 6.08 Å². The number of aliphatic hydroxyl groups excluding tert-OH is 1. The summed E-state index contributed by atoms with van der Waals surface area (Å²) in [6.07, 6.45) is 11.0. The van der Waals surface area contributed by atoms with E-state index in [1.165, 1.54) is 36.0 Å². The SMILES string of the molecule is C[C@]12CCC3=C4CCC(=O)C=C4C[C@H](NO)[C@H]3[C@@H]1CC[C@H]2CCCO. The quantitative estimate of drug-likeness (QED) is 0.682. The first-order chi connectivity index (χ1) is 12.1. The maximum absolute atomic E-state index is 11.8. The summed E-state index contributed by atoms with van der Waals surface area (Å²) in [5.74, 6) is 1.94. The maximum atomic E-state index is 11.8. The first-order valence-electron chi connectivity index (χ1n) is 10.0. The van der Waals surface area contributed by atoms with Crippen molar-refractivity contribution in [2.24, 2.45) is 23.2 Å². The molecule has 0 radical (unpaired) electrons. The maximum Gasteiger partial charge on any atom is 0.156 e. The summed E-state index contributed by atoms with van der Waals surface area (Å²) in [6.45, 7) is 2.75. The van der Waals surface area contributed by atoms with Crippen LogP contribution in [0, 0.1) is 23.2 Å². The van der Waals surface area contributed by atoms with Crippen molar-refractivity contribution in [3.05, 3.63) is 22.8 Å². The Hall–Kier alpha value is -0.970. The van der Waals surface area contributed by atoms with Crippen LogP contribution in [0.15, 0.2) is 22.8 Å². The van der Waals surface area contributed by atoms with Crippen LogP contribution in [0.25, 0.3) is 0 Å². The Morgan fingerprint density at radius 3 is 2.88 bits per heavy atom. The topological polar surface area (TPSA) is 69.6 Å². The standard InChI is InChI=1S/C21H31NO3/c1-21-9-8-17-16-6-5-15(24)11-13(16)12-19(22-25)20(17)18(21)7-4-14(21)3-2-10-23/h11,14,18-20,22-23,25H,2-10,12H2,1H3/t14-,18+,19+,20-,21-/m1/s1. The van der Waals surface area contributed by atoms with Gasteiger partial charge in [0, 0.05) is 25.0 Å². The molecule has 0 aromatic heterocycles. The third-order valence-electron chi connectivity index (χ3n) is 7.86. The number of allylic oxidation sites excluding steroid dienone is 2. The lowest BCUT2D eigenvalue weighted by Crippen LogP contribution is -2.49. The fourth-order valence-electron chi connectivity index (χ4n) is 6.62. The van der Waals surface area contributed by atoms with Crippen LogP contribution >= 0.6 is 0 Å². The van der Waals surface area contributed by atoms with E-state index in [4.69, 9.17) is 0 Å². The zero-order valence-corrected chi connectivity index (χ0v) is 15.3. The molecule has 0 aromatic carbocycles. The molecule has 0 bridgehead atoms. The predicted octanol–water partition coefficient (Wildman–Crippen LogP) is 3.54. The van der Waals surface area contributed by atoms with Gasteiger partial charge in [0.05, 0.1) is 0 Å². The fourth-order valence-corrected chi connectivity index (χ4v) is 6.62. The van der Waals surface area contributed by atoms with E-state index < -0.39 is 0 Å². The molecule has 0 aromatic rings. The number of hydrogen-bond acceptors (Lipinski definition) is 4. The first kappa shape index (κ1) is 17.4. The van der Waals surface area contributed by atoms with Crippen molar-refractivity contribution >= 4 is 5.78 Å². The second kappa shape index (κ2) is 6.64. The molecule has 2 saturated carbocycles. The average molecular weight is 345 g/mol. The van der Waals surface area contributed by atoms with Crippen LogP contribution in [0.4, 0.5) is 0 Å². The van der Waals surface area contributed by atoms with Gasteiger partial charge in [0.2, 0.25) is 0 Å². The summed E-state index contributed by atoms with van der Waals surface area (Å²) in [5, 5.41) is 19.1. The van der Waals surface area contributed by atoms with Crippen molar-refractivity contribution < 1.29 is 15.1 Å². The van der Waals surface area contributed by atoms with Gasteiger partial charge in [-0.15, -0.1) is 0 Å². The Labute approximate surface area is 150 Å². The lowest BCUT2D eigenvalue weighted by atomic mass is 9.54. The zero-order chi connectivity index (χ0) is 17.6. The Balaban J connectivity index is 1.69. The largest absolute Gasteiger partial charge is 0.396 e. The van der Waals surface area contributed by atoms with E-state index in [0.29, 0.717) is 36.2 Å². The van der Waals surface area contributed by atoms with Crippen molar-refractivity contribution in [2.75, 3.05) is 6.61 Å². The van der Waals surface area contributed by atoms with Gasteiger partial charge in [-0.3, -0.25) is 4.79 Å². The summed E-state index contributed by atoms with van der Waals surface area (Å²) in [6, 6.07) is 0.0390. The van der Waals surface area contributed by atoms with Gasteiger partial charge in [0.25, 0.3) is 0 Å². The molecule has 0 heterocycles. The molecule has 0 aliphatic heterocycles. The van der Waals surface area contributed by atoms with Gasteiger partial charge in [-0.05, 0) is 85.8 Å². The molecule has 25 heavy (non-hydrogen) atoms. The first-order valence-corrected chi connectivity index (χ1v) is 10.0. The molecule has 5 atom stereocenters. The van der Waals surface area contributed by atoms with Gasteiger partial charge in [-0.2, -0.15) is 0 Å². The Kier molecular flexibility index (Phi) is 4.63. The van der Waals surface area contributed by atoms with E-state index in [9.17, 15) is 15.1 Å². The van der Waals surface area contributed by atoms with Gasteiger partial charge in [-0.25, -0.2) is 5.48 Å². The lowest BCUT2D eigenvalue weighted by molar-refractivity contribution is -0.114. The molecule has 4 heteroatoms. The van der Waals surface area contributed by atoms with Crippen LogP contribution in [-0.4, -0.2) is 28.7 Å². The molecule has 138 valence electrons. The minimum Gasteiger partial charge on any atom is -0.396 e. The van der Waals surface area contributed by atoms with Crippen molar-refractivity contribution in [3.8, 4) is 0 Å². The zero-order valence-electron chi connectivity index (χ0n) is 15.3. The number of fused-ring (bicyclic) bond motifs is 4. The molecular weight excluding hydrogens is 314 g/mol. The van der Waals surface area contributed by atoms with E-state index >= 15 is 0 Å². The highest BCUT2D eigenvalue weighted by Crippen LogP contribution is 2.62. The molecule has 4 aliphatic carbocycles. The normalized spacial score (nSPS) is 40.4. The minimum atomic E-state index is 0.0390. The molecule has 3 N–H and O–H groups in total. The Bertz CT molecular complexity index is 623. The second-order valence-electron chi connectivity index (χ2n) is 8.86. The third kappa shape index (κ3) is 2.73. The second-order valence-corrected chi connectivity index (χ2v) is 8.86. The summed E-state index contributed by atoms with van der Waals surface area (Å²) in [5.41, 5.74) is 7.08. The monoisotopic (exact) mass is 345 g/mol. The molecule has 4 nitrogen and oxygen atoms in total. The van der Waals surface area contributed by atoms with Crippen LogP contribution in [0.5, 0.6) is 0 Å². The minimum absolute atomic E-state index is 0.0390. The summed E-state index contributed by atoms with van der Waals surface area (Å²) < 4.78 is 0. The molecule has 4 rings (SSSR count). The third-order valence-corrected chi connectivity index (χ3v) is 7.86. The van der Waals surface area contributed by atoms with Gasteiger partial charge >= 0.3 is 0 Å². The fraction of sp³-hybridized carbons (Fsp3) is 0.762. The number of nitrogens with one attached hydrogen (secondary N) is 1. The summed E-state index contributed by atoms with van der Waals surface area (Å²) in [7, 11) is 0. The molecule has 4 aliphatic rings. The van der Waals surface area contributed by atoms with Gasteiger partial charge in [0.15, 0.2) is 5.78 Å². The number of aliphatic hydroxyl groups is 1. The number of carbonyl (C=O) groups is 1. The summed E-state index contributed by atoms with van der Waals surface area (Å²) >= 11 is 0. The highest BCUT2D eigenvalue weighted by Gasteiger charge is 2.55. The molecule has 2 fully saturated rings. The average Bonchev–Trinajstić information content (AvgIpc) is 2.95. The number of ketones is 1. The van der Waals surface area contributed by atoms with Crippen LogP contribution < -0.4 is 5.48 Å². The van der Waals surface area contributed by atoms with Crippen molar-refractivity contribution in [1.82, 2.24) is 5.48 Å². The molecule has 0 saturated heterocycles. The Morgan fingerprint density at radius 1 is 1.28 bits per heavy atom. The van der Waals surface area contributed by atoms with Crippen molar-refractivity contribution in [1.29, 1.82) is 0 Å². The van der Waals surface area contributed by atoms with Gasteiger partial charge in [0.1, 0.15) is 0 Å². The molecule has 0 spiro atoms. The van der Waals surface area contributed by atoms with Gasteiger partial charge < -0.3 is 10.3 Å². The molecule has 0 amide bonds. The van der Waals surface area contributed by atoms with E-state index in [1.54, 1.807) is 0 Å². The number of rotatable bonds is 4. The van der Waals surface area contributed by atoms with Crippen LogP contribution in [0.1, 0.15) is 64.7 Å². The van der Waals surface area contributed by atoms with E-state index in [0.717, 1.165) is 32.1 Å². The predicted molar refractivity (Wildman–Crippen MR) is 96.0 cm³/mol. The number of hydroxylamine groups is 1. The number of carbonyl (C=O) groups excluding carboxylic acids is 1. The highest BCUT2D eigenvalue weighted by molar-refractivity contribution is 5.93. The van der Waals surface area contributed by atoms with Gasteiger partial charge in [-0.1, -0.05) is 12.5 Å². The van der Waals surface area contributed by atoms with Crippen molar-refractivity contribution in [3.63, 3.8) is 0 Å². The lowest BCUT2D eigenvalue weighted by Gasteiger charge is -2.51. The Morgan fingerprint density at radius 2 is 2.12 bits per heavy atom. The molecule has 0 unspecified atom stereocenters. The summed E-state index contributed by atoms with van der Waals surface area (Å²) in [4.78, 5) is 11.8. The van der Waals surface area contributed by atoms with Crippen LogP contribution in [0.3, 0.4) is 0 Å². The van der Waals surface area contributed by atoms with Crippen LogP contribution in [-0.2, 0) is 4.79 Å². The van der Waals surface area contributed by atoms with Crippen molar-refractivity contribution in [2.45, 2.75) is 70.8 Å².